The largest absolute Gasteiger partial charge is 0.468 e. The Balaban J connectivity index is 2.11. The number of halogens is 2. The van der Waals surface area contributed by atoms with Crippen LogP contribution in [0.25, 0.3) is 0 Å². The van der Waals surface area contributed by atoms with Crippen LogP contribution in [0, 0.1) is 23.0 Å². The quantitative estimate of drug-likeness (QED) is 0.905. The maximum atomic E-state index is 13.5. The Morgan fingerprint density at radius 1 is 1.33 bits per heavy atom. The molecule has 1 N–H and O–H groups in total. The molecule has 0 amide bonds. The zero-order valence-corrected chi connectivity index (χ0v) is 9.36. The van der Waals surface area contributed by atoms with Crippen LogP contribution in [0.15, 0.2) is 41.0 Å². The highest BCUT2D eigenvalue weighted by Gasteiger charge is 2.15. The zero-order valence-electron chi connectivity index (χ0n) is 9.36. The van der Waals surface area contributed by atoms with Crippen LogP contribution in [0.1, 0.15) is 17.4 Å². The normalized spacial score (nSPS) is 12.1. The zero-order chi connectivity index (χ0) is 13.0. The van der Waals surface area contributed by atoms with Crippen LogP contribution >= 0.6 is 0 Å². The molecule has 0 saturated carbocycles. The van der Waals surface area contributed by atoms with E-state index in [0.29, 0.717) is 12.3 Å². The van der Waals surface area contributed by atoms with Crippen LogP contribution in [0.2, 0.25) is 0 Å². The number of hydrogen-bond donors (Lipinski definition) is 1. The van der Waals surface area contributed by atoms with Crippen molar-refractivity contribution in [1.29, 1.82) is 5.26 Å². The summed E-state index contributed by atoms with van der Waals surface area (Å²) in [5, 5.41) is 11.8. The van der Waals surface area contributed by atoms with Crippen molar-refractivity contribution in [3.63, 3.8) is 0 Å². The first-order chi connectivity index (χ1) is 8.70. The molecule has 1 atom stereocenters. The van der Waals surface area contributed by atoms with Crippen LogP contribution < -0.4 is 5.32 Å². The Labute approximate surface area is 103 Å². The lowest BCUT2D eigenvalue weighted by Gasteiger charge is -2.11. The van der Waals surface area contributed by atoms with Gasteiger partial charge in [-0.1, -0.05) is 6.07 Å². The van der Waals surface area contributed by atoms with E-state index >= 15 is 0 Å². The second kappa shape index (κ2) is 5.43. The summed E-state index contributed by atoms with van der Waals surface area (Å²) >= 11 is 0. The summed E-state index contributed by atoms with van der Waals surface area (Å²) in [5.41, 5.74) is 0.116. The molecule has 1 aromatic carbocycles. The third-order valence-electron chi connectivity index (χ3n) is 2.46. The molecule has 3 nitrogen and oxygen atoms in total. The Kier molecular flexibility index (Phi) is 3.70. The second-order valence-corrected chi connectivity index (χ2v) is 3.69. The Morgan fingerprint density at radius 2 is 2.17 bits per heavy atom. The number of hydrogen-bond acceptors (Lipinski definition) is 3. The predicted octanol–water partition coefficient (Wildman–Crippen LogP) is 2.91. The van der Waals surface area contributed by atoms with Crippen LogP contribution in [0.4, 0.5) is 8.78 Å². The van der Waals surface area contributed by atoms with Gasteiger partial charge in [0.1, 0.15) is 23.4 Å². The molecule has 0 saturated heterocycles. The molecule has 0 aliphatic heterocycles. The lowest BCUT2D eigenvalue weighted by atomic mass is 10.1. The van der Waals surface area contributed by atoms with Gasteiger partial charge in [-0.3, -0.25) is 5.32 Å². The highest BCUT2D eigenvalue weighted by molar-refractivity contribution is 5.26. The van der Waals surface area contributed by atoms with Gasteiger partial charge >= 0.3 is 0 Å². The minimum absolute atomic E-state index is 0.116. The van der Waals surface area contributed by atoms with E-state index in [1.165, 1.54) is 12.3 Å². The number of nitrogens with one attached hydrogen (secondary N) is 1. The Hall–Kier alpha value is -2.19. The molecule has 18 heavy (non-hydrogen) atoms. The van der Waals surface area contributed by atoms with Crippen molar-refractivity contribution in [2.24, 2.45) is 0 Å². The molecule has 1 heterocycles. The van der Waals surface area contributed by atoms with E-state index in [1.807, 2.05) is 6.07 Å². The minimum Gasteiger partial charge on any atom is -0.468 e. The standard InChI is InChI=1S/C13H10F2N2O/c14-9-3-4-11(12(15)6-9)13(7-16)17-8-10-2-1-5-18-10/h1-6,13,17H,8H2. The fourth-order valence-electron chi connectivity index (χ4n) is 1.58. The Morgan fingerprint density at radius 3 is 2.78 bits per heavy atom. The summed E-state index contributed by atoms with van der Waals surface area (Å²) in [6, 6.07) is 7.67. The lowest BCUT2D eigenvalue weighted by Crippen LogP contribution is -2.20. The van der Waals surface area contributed by atoms with Crippen LogP contribution in [0.3, 0.4) is 0 Å². The van der Waals surface area contributed by atoms with E-state index in [1.54, 1.807) is 12.1 Å². The van der Waals surface area contributed by atoms with E-state index in [4.69, 9.17) is 9.68 Å². The predicted molar refractivity (Wildman–Crippen MR) is 60.3 cm³/mol. The molecule has 1 aromatic heterocycles. The number of nitriles is 1. The van der Waals surface area contributed by atoms with Gasteiger partial charge in [-0.2, -0.15) is 5.26 Å². The third kappa shape index (κ3) is 2.73. The minimum atomic E-state index is -0.851. The van der Waals surface area contributed by atoms with Crippen LogP contribution in [0.5, 0.6) is 0 Å². The van der Waals surface area contributed by atoms with Crippen molar-refractivity contribution >= 4 is 0 Å². The average Bonchev–Trinajstić information content (AvgIpc) is 2.85. The molecule has 92 valence electrons. The highest BCUT2D eigenvalue weighted by Crippen LogP contribution is 2.18. The molecule has 2 rings (SSSR count). The SMILES string of the molecule is N#CC(NCc1ccco1)c1ccc(F)cc1F. The van der Waals surface area contributed by atoms with Crippen molar-refractivity contribution in [3.05, 3.63) is 59.6 Å². The number of rotatable bonds is 4. The molecule has 2 aromatic rings. The first-order valence-corrected chi connectivity index (χ1v) is 5.31. The van der Waals surface area contributed by atoms with E-state index in [9.17, 15) is 8.78 Å². The number of furan rings is 1. The average molecular weight is 248 g/mol. The first kappa shape index (κ1) is 12.3. The second-order valence-electron chi connectivity index (χ2n) is 3.69. The fraction of sp³-hybridized carbons (Fsp3) is 0.154. The topological polar surface area (TPSA) is 49.0 Å². The summed E-state index contributed by atoms with van der Waals surface area (Å²) in [5.74, 6) is -0.773. The van der Waals surface area contributed by atoms with Gasteiger partial charge in [0.05, 0.1) is 18.9 Å². The maximum absolute atomic E-state index is 13.5. The molecule has 0 bridgehead atoms. The molecular formula is C13H10F2N2O. The lowest BCUT2D eigenvalue weighted by molar-refractivity contribution is 0.467. The monoisotopic (exact) mass is 248 g/mol. The van der Waals surface area contributed by atoms with Crippen LogP contribution in [-0.2, 0) is 6.54 Å². The fourth-order valence-corrected chi connectivity index (χ4v) is 1.58. The summed E-state index contributed by atoms with van der Waals surface area (Å²) in [4.78, 5) is 0. The molecule has 0 radical (unpaired) electrons. The van der Waals surface area contributed by atoms with E-state index in [2.05, 4.69) is 5.32 Å². The summed E-state index contributed by atoms with van der Waals surface area (Å²) < 4.78 is 31.4. The molecule has 5 heteroatoms. The summed E-state index contributed by atoms with van der Waals surface area (Å²) in [7, 11) is 0. The van der Waals surface area contributed by atoms with Gasteiger partial charge in [0.15, 0.2) is 0 Å². The van der Waals surface area contributed by atoms with Crippen molar-refractivity contribution in [3.8, 4) is 6.07 Å². The number of benzene rings is 1. The smallest absolute Gasteiger partial charge is 0.131 e. The van der Waals surface area contributed by atoms with Gasteiger partial charge in [0.25, 0.3) is 0 Å². The van der Waals surface area contributed by atoms with Gasteiger partial charge in [-0.25, -0.2) is 8.78 Å². The molecule has 0 aliphatic carbocycles. The van der Waals surface area contributed by atoms with Gasteiger partial charge in [0, 0.05) is 11.6 Å². The van der Waals surface area contributed by atoms with Gasteiger partial charge in [0.2, 0.25) is 0 Å². The van der Waals surface area contributed by atoms with E-state index in [-0.39, 0.29) is 5.56 Å². The summed E-state index contributed by atoms with van der Waals surface area (Å²) in [6.07, 6.45) is 1.51. The van der Waals surface area contributed by atoms with E-state index in [0.717, 1.165) is 12.1 Å². The molecule has 1 unspecified atom stereocenters. The van der Waals surface area contributed by atoms with E-state index < -0.39 is 17.7 Å². The third-order valence-corrected chi connectivity index (χ3v) is 2.46. The van der Waals surface area contributed by atoms with Gasteiger partial charge < -0.3 is 4.42 Å². The molecule has 0 spiro atoms. The molecule has 0 aliphatic rings. The Bertz CT molecular complexity index is 561. The summed E-state index contributed by atoms with van der Waals surface area (Å²) in [6.45, 7) is 0.294. The van der Waals surface area contributed by atoms with Crippen molar-refractivity contribution in [1.82, 2.24) is 5.32 Å². The van der Waals surface area contributed by atoms with Crippen LogP contribution in [-0.4, -0.2) is 0 Å². The highest BCUT2D eigenvalue weighted by atomic mass is 19.1. The van der Waals surface area contributed by atoms with Crippen molar-refractivity contribution < 1.29 is 13.2 Å². The van der Waals surface area contributed by atoms with Gasteiger partial charge in [-0.15, -0.1) is 0 Å². The maximum Gasteiger partial charge on any atom is 0.131 e. The first-order valence-electron chi connectivity index (χ1n) is 5.31. The van der Waals surface area contributed by atoms with Crippen molar-refractivity contribution in [2.45, 2.75) is 12.6 Å². The van der Waals surface area contributed by atoms with Gasteiger partial charge in [-0.05, 0) is 18.2 Å². The van der Waals surface area contributed by atoms with Crippen molar-refractivity contribution in [2.75, 3.05) is 0 Å². The molecular weight excluding hydrogens is 238 g/mol. The molecule has 0 fully saturated rings. The number of nitrogens with zero attached hydrogens (tertiary/aromatic N) is 1.